The Morgan fingerprint density at radius 1 is 1.14 bits per heavy atom. The molecule has 84 valence electrons. The molecule has 1 nitrogen and oxygen atoms in total. The fourth-order valence-corrected chi connectivity index (χ4v) is 2.75. The van der Waals surface area contributed by atoms with E-state index in [9.17, 15) is 0 Å². The first kappa shape index (κ1) is 14.4. The predicted octanol–water partition coefficient (Wildman–Crippen LogP) is 3.67. The molecule has 0 radical (unpaired) electrons. The van der Waals surface area contributed by atoms with Gasteiger partial charge in [0.1, 0.15) is 0 Å². The summed E-state index contributed by atoms with van der Waals surface area (Å²) in [5.41, 5.74) is 0. The number of hydrogen-bond donors (Lipinski definition) is 0. The van der Waals surface area contributed by atoms with E-state index in [-0.39, 0.29) is 0 Å². The first-order chi connectivity index (χ1) is 6.41. The van der Waals surface area contributed by atoms with Crippen LogP contribution in [0.4, 0.5) is 0 Å². The van der Waals surface area contributed by atoms with Gasteiger partial charge in [-0.25, -0.2) is 0 Å². The van der Waals surface area contributed by atoms with E-state index in [4.69, 9.17) is 0 Å². The van der Waals surface area contributed by atoms with Crippen LogP contribution in [0.3, 0.4) is 0 Å². The molecular formula is C11H23NS2. The van der Waals surface area contributed by atoms with Gasteiger partial charge >= 0.3 is 0 Å². The normalized spacial score (nSPS) is 13.4. The molecule has 0 aliphatic rings. The van der Waals surface area contributed by atoms with E-state index in [0.29, 0.717) is 10.5 Å². The fraction of sp³-hybridized carbons (Fsp3) is 0.818. The Morgan fingerprint density at radius 2 is 1.71 bits per heavy atom. The van der Waals surface area contributed by atoms with Crippen molar-refractivity contribution in [3.8, 4) is 0 Å². The molecule has 3 heteroatoms. The topological polar surface area (TPSA) is 3.24 Å². The predicted molar refractivity (Wildman–Crippen MR) is 72.1 cm³/mol. The summed E-state index contributed by atoms with van der Waals surface area (Å²) in [5.74, 6) is 0. The van der Waals surface area contributed by atoms with Crippen LogP contribution in [-0.2, 0) is 0 Å². The molecule has 0 aliphatic carbocycles. The Bertz CT molecular complexity index is 162. The minimum Gasteiger partial charge on any atom is -0.305 e. The molecule has 0 bridgehead atoms. The lowest BCUT2D eigenvalue weighted by Crippen LogP contribution is -2.14. The summed E-state index contributed by atoms with van der Waals surface area (Å²) in [6, 6.07) is 0. The van der Waals surface area contributed by atoms with Crippen molar-refractivity contribution in [1.82, 2.24) is 4.90 Å². The molecule has 14 heavy (non-hydrogen) atoms. The third-order valence-electron chi connectivity index (χ3n) is 1.33. The molecule has 0 fully saturated rings. The van der Waals surface area contributed by atoms with Gasteiger partial charge in [0.05, 0.1) is 0 Å². The molecule has 0 spiro atoms. The van der Waals surface area contributed by atoms with Crippen molar-refractivity contribution in [1.29, 1.82) is 0 Å². The van der Waals surface area contributed by atoms with Gasteiger partial charge in [0.25, 0.3) is 0 Å². The molecule has 0 saturated heterocycles. The fourth-order valence-electron chi connectivity index (χ4n) is 0.929. The summed E-state index contributed by atoms with van der Waals surface area (Å²) in [5, 5.41) is 3.67. The molecule has 0 heterocycles. The largest absolute Gasteiger partial charge is 0.305 e. The van der Waals surface area contributed by atoms with E-state index < -0.39 is 0 Å². The maximum Gasteiger partial charge on any atom is 0.0292 e. The van der Waals surface area contributed by atoms with Crippen LogP contribution < -0.4 is 0 Å². The van der Waals surface area contributed by atoms with Crippen LogP contribution >= 0.6 is 23.5 Å². The van der Waals surface area contributed by atoms with E-state index in [1.807, 2.05) is 23.5 Å². The number of nitrogens with zero attached hydrogens (tertiary/aromatic N) is 1. The molecule has 0 aliphatic heterocycles. The molecule has 0 unspecified atom stereocenters. The molecule has 0 aromatic carbocycles. The Balaban J connectivity index is 4.15. The molecular weight excluding hydrogens is 210 g/mol. The number of hydrogen-bond acceptors (Lipinski definition) is 3. The summed E-state index contributed by atoms with van der Waals surface area (Å²) in [6.45, 7) is 10.0. The van der Waals surface area contributed by atoms with Gasteiger partial charge in [0.2, 0.25) is 0 Å². The van der Waals surface area contributed by atoms with Gasteiger partial charge in [0.15, 0.2) is 0 Å². The van der Waals surface area contributed by atoms with E-state index in [1.54, 1.807) is 0 Å². The lowest BCUT2D eigenvalue weighted by Gasteiger charge is -2.15. The third kappa shape index (κ3) is 8.97. The van der Waals surface area contributed by atoms with Crippen molar-refractivity contribution in [2.75, 3.05) is 20.6 Å². The lowest BCUT2D eigenvalue weighted by atomic mass is 10.5. The van der Waals surface area contributed by atoms with Crippen LogP contribution in [0.25, 0.3) is 0 Å². The van der Waals surface area contributed by atoms with Gasteiger partial charge in [-0.2, -0.15) is 0 Å². The monoisotopic (exact) mass is 233 g/mol. The van der Waals surface area contributed by atoms with Crippen LogP contribution in [0.1, 0.15) is 27.7 Å². The van der Waals surface area contributed by atoms with Crippen LogP contribution in [0, 0.1) is 0 Å². The highest BCUT2D eigenvalue weighted by atomic mass is 32.2. The van der Waals surface area contributed by atoms with Gasteiger partial charge in [-0.15, -0.1) is 23.5 Å². The average Bonchev–Trinajstić information content (AvgIpc) is 1.97. The first-order valence-corrected chi connectivity index (χ1v) is 6.90. The minimum atomic E-state index is 0.675. The molecule has 0 rings (SSSR count). The zero-order valence-corrected chi connectivity index (χ0v) is 11.8. The minimum absolute atomic E-state index is 0.675. The van der Waals surface area contributed by atoms with Crippen molar-refractivity contribution < 1.29 is 0 Å². The highest BCUT2D eigenvalue weighted by Crippen LogP contribution is 2.25. The number of likely N-dealkylation sites (N-methyl/N-ethyl adjacent to an activating group) is 1. The van der Waals surface area contributed by atoms with Crippen LogP contribution in [0.15, 0.2) is 10.3 Å². The zero-order chi connectivity index (χ0) is 11.1. The van der Waals surface area contributed by atoms with E-state index in [0.717, 1.165) is 6.54 Å². The van der Waals surface area contributed by atoms with E-state index >= 15 is 0 Å². The second-order valence-corrected chi connectivity index (χ2v) is 7.33. The molecule has 0 atom stereocenters. The smallest absolute Gasteiger partial charge is 0.0292 e. The summed E-state index contributed by atoms with van der Waals surface area (Å²) in [6.07, 6.45) is 0. The second-order valence-electron chi connectivity index (χ2n) is 4.17. The second kappa shape index (κ2) is 7.66. The zero-order valence-electron chi connectivity index (χ0n) is 10.2. The average molecular weight is 233 g/mol. The maximum absolute atomic E-state index is 2.31. The van der Waals surface area contributed by atoms with Gasteiger partial charge in [-0.1, -0.05) is 27.7 Å². The Hall–Kier alpha value is 0.400. The Kier molecular flexibility index (Phi) is 7.88. The maximum atomic E-state index is 2.31. The standard InChI is InChI=1S/C11H23NS2/c1-9(2)13-8-11(7-12(5)6)14-10(3)4/h8-10H,7H2,1-6H3/b11-8-. The summed E-state index contributed by atoms with van der Waals surface area (Å²) in [7, 11) is 4.24. The third-order valence-corrected chi connectivity index (χ3v) is 3.47. The lowest BCUT2D eigenvalue weighted by molar-refractivity contribution is 0.453. The molecule has 0 amide bonds. The molecule has 0 aromatic rings. The van der Waals surface area contributed by atoms with Crippen molar-refractivity contribution in [3.05, 3.63) is 10.3 Å². The molecule has 0 aromatic heterocycles. The molecule has 0 saturated carbocycles. The highest BCUT2D eigenvalue weighted by molar-refractivity contribution is 8.06. The van der Waals surface area contributed by atoms with Crippen molar-refractivity contribution in [2.45, 2.75) is 38.2 Å². The van der Waals surface area contributed by atoms with Gasteiger partial charge in [0, 0.05) is 21.9 Å². The highest BCUT2D eigenvalue weighted by Gasteiger charge is 2.04. The quantitative estimate of drug-likeness (QED) is 0.689. The van der Waals surface area contributed by atoms with Crippen LogP contribution in [0.2, 0.25) is 0 Å². The number of thioether (sulfide) groups is 2. The Morgan fingerprint density at radius 3 is 2.07 bits per heavy atom. The van der Waals surface area contributed by atoms with E-state index in [1.165, 1.54) is 4.91 Å². The first-order valence-electron chi connectivity index (χ1n) is 5.07. The van der Waals surface area contributed by atoms with Crippen LogP contribution in [-0.4, -0.2) is 36.0 Å². The van der Waals surface area contributed by atoms with Gasteiger partial charge in [-0.05, 0) is 19.5 Å². The van der Waals surface area contributed by atoms with Crippen LogP contribution in [0.5, 0.6) is 0 Å². The van der Waals surface area contributed by atoms with Crippen molar-refractivity contribution >= 4 is 23.5 Å². The summed E-state index contributed by atoms with van der Waals surface area (Å²) < 4.78 is 0. The van der Waals surface area contributed by atoms with Gasteiger partial charge < -0.3 is 4.90 Å². The van der Waals surface area contributed by atoms with Crippen molar-refractivity contribution in [2.24, 2.45) is 0 Å². The van der Waals surface area contributed by atoms with Gasteiger partial charge in [-0.3, -0.25) is 0 Å². The SMILES string of the molecule is CC(C)S/C=C(/CN(C)C)SC(C)C. The van der Waals surface area contributed by atoms with Crippen molar-refractivity contribution in [3.63, 3.8) is 0 Å². The summed E-state index contributed by atoms with van der Waals surface area (Å²) in [4.78, 5) is 3.70. The number of rotatable bonds is 6. The Labute approximate surface area is 97.7 Å². The summed E-state index contributed by atoms with van der Waals surface area (Å²) >= 11 is 3.88. The van der Waals surface area contributed by atoms with E-state index in [2.05, 4.69) is 52.1 Å². The molecule has 0 N–H and O–H groups in total.